The molecule has 0 amide bonds. The van der Waals surface area contributed by atoms with Crippen LogP contribution >= 0.6 is 23.2 Å². The van der Waals surface area contributed by atoms with E-state index < -0.39 is 27.1 Å². The zero-order valence-electron chi connectivity index (χ0n) is 6.35. The summed E-state index contributed by atoms with van der Waals surface area (Å²) >= 11 is 10.4. The van der Waals surface area contributed by atoms with Crippen molar-refractivity contribution in [1.29, 1.82) is 0 Å². The van der Waals surface area contributed by atoms with E-state index in [-0.39, 0.29) is 5.41 Å². The van der Waals surface area contributed by atoms with Crippen molar-refractivity contribution in [3.8, 4) is 0 Å². The number of hydrogen-bond acceptors (Lipinski definition) is 3. The second-order valence-electron chi connectivity index (χ2n) is 2.07. The number of carbonyl (C=O) groups is 1. The van der Waals surface area contributed by atoms with Gasteiger partial charge in [-0.1, -0.05) is 6.58 Å². The fraction of sp³-hybridized carbons (Fsp3) is 0.400. The maximum atomic E-state index is 10.8. The summed E-state index contributed by atoms with van der Waals surface area (Å²) in [5.74, 6) is -1.20. The second kappa shape index (κ2) is 3.93. The van der Waals surface area contributed by atoms with Crippen molar-refractivity contribution in [2.75, 3.05) is 0 Å². The summed E-state index contributed by atoms with van der Waals surface area (Å²) < 4.78 is 32.1. The van der Waals surface area contributed by atoms with E-state index >= 15 is 0 Å². The molecule has 0 aromatic rings. The molecule has 0 fully saturated rings. The van der Waals surface area contributed by atoms with Crippen LogP contribution in [0.2, 0.25) is 0 Å². The van der Waals surface area contributed by atoms with E-state index in [2.05, 4.69) is 10.8 Å². The Bertz CT molecular complexity index is 281. The van der Waals surface area contributed by atoms with Gasteiger partial charge in [-0.15, -0.1) is 23.2 Å². The van der Waals surface area contributed by atoms with E-state index in [0.29, 0.717) is 0 Å². The van der Waals surface area contributed by atoms with Gasteiger partial charge in [0, 0.05) is 0 Å². The van der Waals surface area contributed by atoms with E-state index in [1.165, 1.54) is 0 Å². The van der Waals surface area contributed by atoms with Gasteiger partial charge >= 0.3 is 5.97 Å². The molecule has 0 heterocycles. The van der Waals surface area contributed by atoms with Gasteiger partial charge in [-0.3, -0.25) is 13.9 Å². The third-order valence-electron chi connectivity index (χ3n) is 0.856. The van der Waals surface area contributed by atoms with Crippen molar-refractivity contribution in [3.05, 3.63) is 12.0 Å². The Morgan fingerprint density at radius 2 is 2.08 bits per heavy atom. The lowest BCUT2D eigenvalue weighted by atomic mass is 10.5. The quantitative estimate of drug-likeness (QED) is 0.740. The normalized spacial score (nSPS) is 14.7. The molecule has 0 saturated carbocycles. The molecule has 0 aromatic heterocycles. The highest BCUT2D eigenvalue weighted by atomic mass is 35.5. The monoisotopic (exact) mass is 250 g/mol. The van der Waals surface area contributed by atoms with Crippen molar-refractivity contribution < 1.29 is 22.3 Å². The van der Waals surface area contributed by atoms with Crippen LogP contribution in [0.4, 0.5) is 0 Å². The molecule has 78 valence electrons. The van der Waals surface area contributed by atoms with Gasteiger partial charge in [0.25, 0.3) is 0 Å². The van der Waals surface area contributed by atoms with Crippen LogP contribution in [0.1, 0.15) is 6.42 Å². The van der Waals surface area contributed by atoms with Gasteiger partial charge in [-0.25, -0.2) is 0 Å². The van der Waals surface area contributed by atoms with Gasteiger partial charge in [-0.05, 0) is 0 Å². The molecule has 0 bridgehead atoms. The van der Waals surface area contributed by atoms with Gasteiger partial charge in [0.15, 0.2) is 0 Å². The summed E-state index contributed by atoms with van der Waals surface area (Å²) in [5.41, 5.74) is 0. The second-order valence-corrected chi connectivity index (χ2v) is 5.55. The topological polar surface area (TPSA) is 83.8 Å². The Kier molecular flexibility index (Phi) is 3.89. The molecular weight excluding hydrogens is 243 g/mol. The minimum atomic E-state index is -5.48. The van der Waals surface area contributed by atoms with Crippen LogP contribution in [0.5, 0.6) is 0 Å². The van der Waals surface area contributed by atoms with Gasteiger partial charge < -0.3 is 4.18 Å². The maximum Gasteiger partial charge on any atom is 0.325 e. The van der Waals surface area contributed by atoms with Crippen LogP contribution in [-0.2, 0) is 18.9 Å². The number of alkyl halides is 2. The van der Waals surface area contributed by atoms with Crippen molar-refractivity contribution in [2.45, 2.75) is 11.3 Å². The van der Waals surface area contributed by atoms with E-state index in [0.717, 1.165) is 0 Å². The van der Waals surface area contributed by atoms with E-state index in [9.17, 15) is 9.00 Å². The number of hydrogen-bond donors (Lipinski definition) is 2. The largest absolute Gasteiger partial charge is 0.346 e. The highest BCUT2D eigenvalue weighted by molar-refractivity contribution is 8.08. The van der Waals surface area contributed by atoms with Crippen molar-refractivity contribution in [2.24, 2.45) is 0 Å². The van der Waals surface area contributed by atoms with Gasteiger partial charge in [0.1, 0.15) is 4.84 Å². The zero-order chi connectivity index (χ0) is 10.7. The lowest BCUT2D eigenvalue weighted by Crippen LogP contribution is -2.34. The minimum Gasteiger partial charge on any atom is -0.346 e. The molecule has 13 heavy (non-hydrogen) atoms. The van der Waals surface area contributed by atoms with Crippen LogP contribution in [0.3, 0.4) is 0 Å². The molecular formula is C5H8Cl2O5S. The van der Waals surface area contributed by atoms with Crippen LogP contribution in [0, 0.1) is 0 Å². The Hall–Kier alpha value is -0.140. The Morgan fingerprint density at radius 1 is 1.62 bits per heavy atom. The first-order valence-electron chi connectivity index (χ1n) is 2.95. The smallest absolute Gasteiger partial charge is 0.325 e. The van der Waals surface area contributed by atoms with Gasteiger partial charge in [0.2, 0.25) is 9.91 Å². The van der Waals surface area contributed by atoms with Crippen LogP contribution in [0.15, 0.2) is 12.0 Å². The number of rotatable bonds is 4. The molecule has 2 N–H and O–H groups in total. The minimum absolute atomic E-state index is 0.229. The molecule has 0 radical (unpaired) electrons. The summed E-state index contributed by atoms with van der Waals surface area (Å²) in [6.45, 7) is 2.83. The first-order chi connectivity index (χ1) is 5.64. The molecule has 0 aromatic carbocycles. The fourth-order valence-corrected chi connectivity index (χ4v) is 1.11. The highest BCUT2D eigenvalue weighted by Gasteiger charge is 2.30. The molecule has 0 aliphatic heterocycles. The average molecular weight is 251 g/mol. The lowest BCUT2D eigenvalue weighted by molar-refractivity contribution is -0.135. The van der Waals surface area contributed by atoms with Crippen molar-refractivity contribution in [1.82, 2.24) is 0 Å². The SMILES string of the molecule is C=CS(=O)(O)(O)OC(=O)CC(Cl)Cl. The third-order valence-corrected chi connectivity index (χ3v) is 2.23. The van der Waals surface area contributed by atoms with Crippen LogP contribution < -0.4 is 0 Å². The van der Waals surface area contributed by atoms with Crippen molar-refractivity contribution >= 4 is 39.1 Å². The molecule has 0 unspecified atom stereocenters. The molecule has 0 rings (SSSR count). The third kappa shape index (κ3) is 6.00. The summed E-state index contributed by atoms with van der Waals surface area (Å²) in [7, 11) is -5.48. The van der Waals surface area contributed by atoms with E-state index in [1.807, 2.05) is 0 Å². The van der Waals surface area contributed by atoms with Crippen LogP contribution in [-0.4, -0.2) is 24.1 Å². The molecule has 5 nitrogen and oxygen atoms in total. The zero-order valence-corrected chi connectivity index (χ0v) is 8.68. The van der Waals surface area contributed by atoms with Crippen LogP contribution in [0.25, 0.3) is 0 Å². The molecule has 0 aliphatic rings. The Balaban J connectivity index is 4.38. The molecule has 0 atom stereocenters. The fourth-order valence-electron chi connectivity index (χ4n) is 0.369. The van der Waals surface area contributed by atoms with E-state index in [1.54, 1.807) is 0 Å². The summed E-state index contributed by atoms with van der Waals surface area (Å²) in [6, 6.07) is 0. The first kappa shape index (κ1) is 12.9. The van der Waals surface area contributed by atoms with Crippen molar-refractivity contribution in [3.63, 3.8) is 0 Å². The highest BCUT2D eigenvalue weighted by Crippen LogP contribution is 2.21. The Labute approximate surface area is 84.9 Å². The first-order valence-corrected chi connectivity index (χ1v) is 5.69. The van der Waals surface area contributed by atoms with Gasteiger partial charge in [-0.2, -0.15) is 4.21 Å². The predicted molar refractivity (Wildman–Crippen MR) is 49.8 cm³/mol. The average Bonchev–Trinajstić information content (AvgIpc) is 1.82. The number of halogens is 2. The standard InChI is InChI=1S/C5H8Cl2O5S/c1-2-13(9,10,11)12-5(8)3-4(6)7/h2,4H,1,3H2,(H2,9,10,11). The summed E-state index contributed by atoms with van der Waals surface area (Å²) in [4.78, 5) is 9.63. The summed E-state index contributed by atoms with van der Waals surface area (Å²) in [5, 5.41) is 0.229. The Morgan fingerprint density at radius 3 is 2.38 bits per heavy atom. The number of carbonyl (C=O) groups excluding carboxylic acids is 1. The molecule has 0 spiro atoms. The lowest BCUT2D eigenvalue weighted by Gasteiger charge is -2.25. The molecule has 0 saturated heterocycles. The maximum absolute atomic E-state index is 10.8. The molecule has 8 heteroatoms. The predicted octanol–water partition coefficient (Wildman–Crippen LogP) is 1.55. The summed E-state index contributed by atoms with van der Waals surface area (Å²) in [6.07, 6.45) is -0.507. The van der Waals surface area contributed by atoms with Gasteiger partial charge in [0.05, 0.1) is 11.8 Å². The molecule has 0 aliphatic carbocycles. The van der Waals surface area contributed by atoms with E-state index in [4.69, 9.17) is 32.3 Å².